The molecular formula is C32H34N4S4. The lowest BCUT2D eigenvalue weighted by Crippen LogP contribution is -1.91. The van der Waals surface area contributed by atoms with Gasteiger partial charge in [0, 0.05) is 32.0 Å². The van der Waals surface area contributed by atoms with Gasteiger partial charge in [-0.1, -0.05) is 76.6 Å². The van der Waals surface area contributed by atoms with Crippen molar-refractivity contribution in [3.63, 3.8) is 0 Å². The van der Waals surface area contributed by atoms with Gasteiger partial charge in [0.15, 0.2) is 0 Å². The van der Waals surface area contributed by atoms with Crippen molar-refractivity contribution in [2.45, 2.75) is 78.1 Å². The molecule has 0 aliphatic rings. The summed E-state index contributed by atoms with van der Waals surface area (Å²) >= 11 is 6.23. The molecule has 40 heavy (non-hydrogen) atoms. The van der Waals surface area contributed by atoms with Crippen molar-refractivity contribution in [2.75, 3.05) is 0 Å². The van der Waals surface area contributed by atoms with Crippen molar-refractivity contribution in [3.05, 3.63) is 58.3 Å². The molecule has 4 aromatic heterocycles. The first-order valence-electron chi connectivity index (χ1n) is 14.4. The number of hydrogen-bond acceptors (Lipinski definition) is 8. The summed E-state index contributed by atoms with van der Waals surface area (Å²) in [6.45, 7) is 4.53. The summed E-state index contributed by atoms with van der Waals surface area (Å²) in [7, 11) is 0. The topological polar surface area (TPSA) is 51.6 Å². The highest BCUT2D eigenvalue weighted by atomic mass is 32.1. The van der Waals surface area contributed by atoms with E-state index in [9.17, 15) is 0 Å². The first kappa shape index (κ1) is 27.6. The smallest absolute Gasteiger partial charge is 0.114 e. The quantitative estimate of drug-likeness (QED) is 0.123. The van der Waals surface area contributed by atoms with Crippen LogP contribution in [0.3, 0.4) is 0 Å². The Bertz CT molecular complexity index is 1580. The van der Waals surface area contributed by atoms with Crippen LogP contribution in [-0.4, -0.2) is 17.5 Å². The van der Waals surface area contributed by atoms with Crippen molar-refractivity contribution >= 4 is 68.2 Å². The third kappa shape index (κ3) is 5.51. The molecule has 0 unspecified atom stereocenters. The molecule has 4 nitrogen and oxygen atoms in total. The fourth-order valence-corrected chi connectivity index (χ4v) is 8.67. The van der Waals surface area contributed by atoms with Crippen LogP contribution in [0.25, 0.3) is 54.1 Å². The van der Waals surface area contributed by atoms with Crippen molar-refractivity contribution in [3.8, 4) is 32.0 Å². The molecule has 4 heterocycles. The second-order valence-electron chi connectivity index (χ2n) is 10.4. The zero-order chi connectivity index (χ0) is 27.3. The monoisotopic (exact) mass is 602 g/mol. The first-order valence-corrected chi connectivity index (χ1v) is 17.7. The van der Waals surface area contributed by atoms with Crippen LogP contribution in [0.2, 0.25) is 0 Å². The summed E-state index contributed by atoms with van der Waals surface area (Å²) in [5, 5.41) is 4.44. The molecule has 0 aliphatic heterocycles. The zero-order valence-corrected chi connectivity index (χ0v) is 26.4. The van der Waals surface area contributed by atoms with Crippen molar-refractivity contribution < 1.29 is 0 Å². The molecule has 0 amide bonds. The van der Waals surface area contributed by atoms with Gasteiger partial charge >= 0.3 is 0 Å². The van der Waals surface area contributed by atoms with E-state index in [1.165, 1.54) is 107 Å². The molecule has 0 N–H and O–H groups in total. The Morgan fingerprint density at radius 3 is 1.30 bits per heavy atom. The summed E-state index contributed by atoms with van der Waals surface area (Å²) in [5.74, 6) is 0. The van der Waals surface area contributed by atoms with Crippen molar-refractivity contribution in [1.82, 2.24) is 17.5 Å². The predicted octanol–water partition coefficient (Wildman–Crippen LogP) is 11.1. The van der Waals surface area contributed by atoms with E-state index in [4.69, 9.17) is 17.5 Å². The number of aryl methyl sites for hydroxylation is 2. The lowest BCUT2D eigenvalue weighted by molar-refractivity contribution is 0.668. The number of nitrogens with zero attached hydrogens (tertiary/aromatic N) is 4. The Morgan fingerprint density at radius 1 is 0.475 bits per heavy atom. The van der Waals surface area contributed by atoms with Gasteiger partial charge in [0.05, 0.1) is 23.5 Å². The molecule has 206 valence electrons. The largest absolute Gasteiger partial charge is 0.172 e. The zero-order valence-electron chi connectivity index (χ0n) is 23.1. The number of thiophene rings is 2. The minimum absolute atomic E-state index is 0.961. The fraction of sp³-hybridized carbons (Fsp3) is 0.375. The second-order valence-corrected chi connectivity index (χ2v) is 13.3. The van der Waals surface area contributed by atoms with E-state index in [1.54, 1.807) is 0 Å². The molecule has 0 spiro atoms. The lowest BCUT2D eigenvalue weighted by Gasteiger charge is -2.10. The van der Waals surface area contributed by atoms with Gasteiger partial charge in [-0.3, -0.25) is 0 Å². The standard InChI is InChI=1S/C32H34N4S4/c1-3-5-7-9-11-21-17-19-37-31(21)25-15-13-23(27-29(25)35-39-33-27)24-14-16-26(30-28(24)34-40-36-30)32-22(18-20-38-32)12-10-8-6-4-2/h13-20H,3-12H2,1-2H3. The number of fused-ring (bicyclic) bond motifs is 2. The Kier molecular flexibility index (Phi) is 8.97. The summed E-state index contributed by atoms with van der Waals surface area (Å²) in [6.07, 6.45) is 12.4. The highest BCUT2D eigenvalue weighted by Crippen LogP contribution is 2.43. The van der Waals surface area contributed by atoms with Crippen LogP contribution in [-0.2, 0) is 12.8 Å². The molecule has 6 aromatic rings. The minimum Gasteiger partial charge on any atom is -0.172 e. The third-order valence-corrected chi connectivity index (χ3v) is 10.7. The highest BCUT2D eigenvalue weighted by molar-refractivity contribution is 7.14. The molecule has 0 atom stereocenters. The summed E-state index contributed by atoms with van der Waals surface area (Å²) < 4.78 is 19.2. The number of benzene rings is 2. The molecule has 0 aliphatic carbocycles. The number of unbranched alkanes of at least 4 members (excludes halogenated alkanes) is 6. The highest BCUT2D eigenvalue weighted by Gasteiger charge is 2.21. The van der Waals surface area contributed by atoms with Gasteiger partial charge in [-0.25, -0.2) is 0 Å². The maximum atomic E-state index is 4.80. The summed E-state index contributed by atoms with van der Waals surface area (Å²) in [6, 6.07) is 13.5. The third-order valence-electron chi connectivity index (χ3n) is 7.70. The van der Waals surface area contributed by atoms with Gasteiger partial charge in [-0.2, -0.15) is 17.5 Å². The molecule has 6 rings (SSSR count). The van der Waals surface area contributed by atoms with Gasteiger partial charge in [0.1, 0.15) is 22.1 Å². The summed E-state index contributed by atoms with van der Waals surface area (Å²) in [4.78, 5) is 2.67. The maximum absolute atomic E-state index is 4.80. The molecule has 0 radical (unpaired) electrons. The Labute approximate surface area is 252 Å². The van der Waals surface area contributed by atoms with E-state index in [-0.39, 0.29) is 0 Å². The van der Waals surface area contributed by atoms with Crippen LogP contribution in [0, 0.1) is 0 Å². The van der Waals surface area contributed by atoms with Crippen LogP contribution in [0.5, 0.6) is 0 Å². The molecule has 8 heteroatoms. The first-order chi connectivity index (χ1) is 19.8. The van der Waals surface area contributed by atoms with E-state index in [0.717, 1.165) is 46.0 Å². The van der Waals surface area contributed by atoms with Crippen LogP contribution >= 0.6 is 46.1 Å². The molecule has 0 saturated heterocycles. The van der Waals surface area contributed by atoms with Gasteiger partial charge in [0.2, 0.25) is 0 Å². The van der Waals surface area contributed by atoms with Gasteiger partial charge in [0.25, 0.3) is 0 Å². The summed E-state index contributed by atoms with van der Waals surface area (Å²) in [5.41, 5.74) is 11.3. The molecular weight excluding hydrogens is 569 g/mol. The van der Waals surface area contributed by atoms with Crippen LogP contribution in [0.15, 0.2) is 47.2 Å². The minimum atomic E-state index is 0.961. The average molecular weight is 603 g/mol. The maximum Gasteiger partial charge on any atom is 0.114 e. The number of rotatable bonds is 13. The van der Waals surface area contributed by atoms with Gasteiger partial charge in [-0.05, 0) is 59.7 Å². The number of hydrogen-bond donors (Lipinski definition) is 0. The van der Waals surface area contributed by atoms with E-state index >= 15 is 0 Å². The Morgan fingerprint density at radius 2 is 0.875 bits per heavy atom. The Hall–Kier alpha value is -2.52. The second kappa shape index (κ2) is 13.0. The van der Waals surface area contributed by atoms with E-state index in [0.29, 0.717) is 0 Å². The fourth-order valence-electron chi connectivity index (χ4n) is 5.56. The molecule has 0 bridgehead atoms. The van der Waals surface area contributed by atoms with E-state index in [2.05, 4.69) is 61.0 Å². The van der Waals surface area contributed by atoms with E-state index in [1.807, 2.05) is 22.7 Å². The molecule has 0 saturated carbocycles. The average Bonchev–Trinajstić information content (AvgIpc) is 3.79. The number of aromatic nitrogens is 4. The SMILES string of the molecule is CCCCCCc1ccsc1-c1ccc(-c2ccc(-c3sccc3CCCCCC)c3nsnc23)c2nsnc12. The molecule has 0 fully saturated rings. The van der Waals surface area contributed by atoms with Gasteiger partial charge in [-0.15, -0.1) is 22.7 Å². The van der Waals surface area contributed by atoms with Gasteiger partial charge < -0.3 is 0 Å². The van der Waals surface area contributed by atoms with E-state index < -0.39 is 0 Å². The van der Waals surface area contributed by atoms with Crippen LogP contribution < -0.4 is 0 Å². The van der Waals surface area contributed by atoms with Crippen molar-refractivity contribution in [1.29, 1.82) is 0 Å². The Balaban J connectivity index is 1.35. The normalized spacial score (nSPS) is 11.8. The lowest BCUT2D eigenvalue weighted by atomic mass is 9.95. The van der Waals surface area contributed by atoms with Crippen LogP contribution in [0.4, 0.5) is 0 Å². The predicted molar refractivity (Wildman–Crippen MR) is 176 cm³/mol. The van der Waals surface area contributed by atoms with Crippen molar-refractivity contribution in [2.24, 2.45) is 0 Å². The van der Waals surface area contributed by atoms with Crippen LogP contribution in [0.1, 0.15) is 76.3 Å². The molecule has 2 aromatic carbocycles.